The Labute approximate surface area is 167 Å². The Kier molecular flexibility index (Phi) is 10.9. The van der Waals surface area contributed by atoms with Gasteiger partial charge in [0.15, 0.2) is 5.75 Å². The summed E-state index contributed by atoms with van der Waals surface area (Å²) >= 11 is 23.4. The van der Waals surface area contributed by atoms with Crippen molar-refractivity contribution >= 4 is 52.3 Å². The minimum absolute atomic E-state index is 0.126. The molecule has 0 atom stereocenters. The van der Waals surface area contributed by atoms with E-state index in [2.05, 4.69) is 5.16 Å². The van der Waals surface area contributed by atoms with Crippen molar-refractivity contribution in [2.45, 2.75) is 26.2 Å². The van der Waals surface area contributed by atoms with Gasteiger partial charge in [0.25, 0.3) is 0 Å². The molecule has 0 fully saturated rings. The van der Waals surface area contributed by atoms with Crippen molar-refractivity contribution in [2.75, 3.05) is 19.8 Å². The number of halogens is 4. The molecule has 5 nitrogen and oxygen atoms in total. The van der Waals surface area contributed by atoms with E-state index >= 15 is 0 Å². The van der Waals surface area contributed by atoms with Crippen LogP contribution < -0.4 is 9.47 Å². The van der Waals surface area contributed by atoms with Crippen molar-refractivity contribution in [3.63, 3.8) is 0 Å². The van der Waals surface area contributed by atoms with E-state index in [0.29, 0.717) is 34.8 Å². The summed E-state index contributed by atoms with van der Waals surface area (Å²) < 4.78 is 16.3. The Balaban J connectivity index is 2.37. The average molecular weight is 431 g/mol. The average Bonchev–Trinajstić information content (AvgIpc) is 2.55. The molecule has 1 N–H and O–H groups in total. The first kappa shape index (κ1) is 22.0. The maximum Gasteiger partial charge on any atom is 0.222 e. The summed E-state index contributed by atoms with van der Waals surface area (Å²) in [7, 11) is 0. The van der Waals surface area contributed by atoms with Gasteiger partial charge in [-0.1, -0.05) is 51.6 Å². The molecule has 1 rings (SSSR count). The summed E-state index contributed by atoms with van der Waals surface area (Å²) in [6, 6.07) is 3.23. The summed E-state index contributed by atoms with van der Waals surface area (Å²) in [5, 5.41) is 12.1. The molecule has 9 heteroatoms. The van der Waals surface area contributed by atoms with E-state index in [1.807, 2.05) is 0 Å². The Morgan fingerprint density at radius 1 is 1.08 bits per heavy atom. The van der Waals surface area contributed by atoms with Crippen LogP contribution in [0, 0.1) is 0 Å². The molecule has 0 saturated carbocycles. The third-order valence-corrected chi connectivity index (χ3v) is 3.82. The highest BCUT2D eigenvalue weighted by molar-refractivity contribution is 6.55. The van der Waals surface area contributed by atoms with Crippen LogP contribution in [0.25, 0.3) is 0 Å². The second kappa shape index (κ2) is 12.4. The van der Waals surface area contributed by atoms with Crippen LogP contribution in [0.4, 0.5) is 0 Å². The van der Waals surface area contributed by atoms with Gasteiger partial charge in [0.1, 0.15) is 16.8 Å². The quantitative estimate of drug-likeness (QED) is 0.161. The molecule has 140 valence electrons. The van der Waals surface area contributed by atoms with E-state index in [9.17, 15) is 0 Å². The first-order chi connectivity index (χ1) is 11.9. The number of ether oxygens (including phenoxy) is 3. The van der Waals surface area contributed by atoms with E-state index in [1.165, 1.54) is 6.08 Å². The van der Waals surface area contributed by atoms with Crippen LogP contribution in [-0.4, -0.2) is 30.9 Å². The lowest BCUT2D eigenvalue weighted by Gasteiger charge is -2.12. The number of oxime groups is 1. The van der Waals surface area contributed by atoms with E-state index in [4.69, 9.17) is 65.8 Å². The first-order valence-corrected chi connectivity index (χ1v) is 9.02. The summed E-state index contributed by atoms with van der Waals surface area (Å²) in [5.41, 5.74) is 0. The molecule has 0 saturated heterocycles. The van der Waals surface area contributed by atoms with Gasteiger partial charge in [-0.2, -0.15) is 0 Å². The molecule has 0 spiro atoms. The maximum absolute atomic E-state index is 8.44. The minimum atomic E-state index is 0.126. The van der Waals surface area contributed by atoms with Crippen molar-refractivity contribution in [2.24, 2.45) is 5.16 Å². The monoisotopic (exact) mass is 429 g/mol. The number of unbranched alkanes of at least 4 members (excludes halogenated alkanes) is 2. The second-order valence-corrected chi connectivity index (χ2v) is 6.72. The van der Waals surface area contributed by atoms with Crippen molar-refractivity contribution in [1.29, 1.82) is 0 Å². The lowest BCUT2D eigenvalue weighted by molar-refractivity contribution is 0.242. The third-order valence-electron chi connectivity index (χ3n) is 2.95. The predicted octanol–water partition coefficient (Wildman–Crippen LogP) is 6.06. The molecular formula is C16H19Cl4NO4. The van der Waals surface area contributed by atoms with Crippen molar-refractivity contribution in [3.8, 4) is 11.5 Å². The van der Waals surface area contributed by atoms with Gasteiger partial charge in [-0.3, -0.25) is 0 Å². The van der Waals surface area contributed by atoms with Gasteiger partial charge < -0.3 is 19.4 Å². The molecule has 1 aromatic carbocycles. The topological polar surface area (TPSA) is 60.3 Å². The number of nitrogens with zero attached hydrogens (tertiary/aromatic N) is 1. The molecule has 0 bridgehead atoms. The molecule has 0 aliphatic heterocycles. The fourth-order valence-electron chi connectivity index (χ4n) is 1.76. The standard InChI is InChI=1S/C16H19Cl4NO4/c1-11(21-22)23-6-3-2-4-7-25-16-13(17)9-12(10-14(16)18)24-8-5-15(19)20/h5,9-10,22H,2-4,6-8H2,1H3. The van der Waals surface area contributed by atoms with Crippen molar-refractivity contribution in [1.82, 2.24) is 0 Å². The third kappa shape index (κ3) is 9.31. The molecule has 0 aliphatic carbocycles. The molecule has 0 heterocycles. The lowest BCUT2D eigenvalue weighted by Crippen LogP contribution is -2.03. The zero-order chi connectivity index (χ0) is 18.7. The summed E-state index contributed by atoms with van der Waals surface area (Å²) in [5.74, 6) is 1.16. The van der Waals surface area contributed by atoms with E-state index < -0.39 is 0 Å². The summed E-state index contributed by atoms with van der Waals surface area (Å²) in [6.45, 7) is 2.75. The van der Waals surface area contributed by atoms with Crippen LogP contribution in [0.15, 0.2) is 27.9 Å². The van der Waals surface area contributed by atoms with Crippen LogP contribution in [0.5, 0.6) is 11.5 Å². The normalized spacial score (nSPS) is 11.2. The zero-order valence-electron chi connectivity index (χ0n) is 13.6. The minimum Gasteiger partial charge on any atom is -0.490 e. The number of rotatable bonds is 10. The molecule has 0 amide bonds. The predicted molar refractivity (Wildman–Crippen MR) is 102 cm³/mol. The van der Waals surface area contributed by atoms with E-state index in [0.717, 1.165) is 19.3 Å². The smallest absolute Gasteiger partial charge is 0.222 e. The van der Waals surface area contributed by atoms with Crippen molar-refractivity contribution < 1.29 is 19.4 Å². The van der Waals surface area contributed by atoms with E-state index in [-0.39, 0.29) is 17.0 Å². The lowest BCUT2D eigenvalue weighted by atomic mass is 10.2. The molecule has 1 aromatic rings. The molecule has 0 aromatic heterocycles. The number of hydrogen-bond acceptors (Lipinski definition) is 5. The largest absolute Gasteiger partial charge is 0.490 e. The highest BCUT2D eigenvalue weighted by atomic mass is 35.5. The van der Waals surface area contributed by atoms with Gasteiger partial charge in [-0.15, -0.1) is 0 Å². The second-order valence-electron chi connectivity index (χ2n) is 4.90. The molecular weight excluding hydrogens is 412 g/mol. The molecule has 0 unspecified atom stereocenters. The maximum atomic E-state index is 8.44. The zero-order valence-corrected chi connectivity index (χ0v) is 16.6. The van der Waals surface area contributed by atoms with Crippen LogP contribution >= 0.6 is 46.4 Å². The fourth-order valence-corrected chi connectivity index (χ4v) is 2.46. The first-order valence-electron chi connectivity index (χ1n) is 7.51. The Morgan fingerprint density at radius 2 is 1.72 bits per heavy atom. The van der Waals surface area contributed by atoms with Crippen LogP contribution in [0.2, 0.25) is 10.0 Å². The highest BCUT2D eigenvalue weighted by Gasteiger charge is 2.10. The number of benzene rings is 1. The SMILES string of the molecule is CC(=NO)OCCCCCOc1c(Cl)cc(OCC=C(Cl)Cl)cc1Cl. The van der Waals surface area contributed by atoms with Gasteiger partial charge in [0.2, 0.25) is 5.90 Å². The van der Waals surface area contributed by atoms with Gasteiger partial charge in [0, 0.05) is 19.1 Å². The van der Waals surface area contributed by atoms with Crippen LogP contribution in [0.3, 0.4) is 0 Å². The Hall–Kier alpha value is -1.01. The molecule has 0 radical (unpaired) electrons. The van der Waals surface area contributed by atoms with Crippen LogP contribution in [0.1, 0.15) is 26.2 Å². The highest BCUT2D eigenvalue weighted by Crippen LogP contribution is 2.37. The van der Waals surface area contributed by atoms with E-state index in [1.54, 1.807) is 19.1 Å². The van der Waals surface area contributed by atoms with Gasteiger partial charge in [-0.05, 0) is 25.3 Å². The number of hydrogen-bond donors (Lipinski definition) is 1. The van der Waals surface area contributed by atoms with Crippen LogP contribution in [-0.2, 0) is 4.74 Å². The van der Waals surface area contributed by atoms with Crippen molar-refractivity contribution in [3.05, 3.63) is 32.7 Å². The fraction of sp³-hybridized carbons (Fsp3) is 0.438. The summed E-state index contributed by atoms with van der Waals surface area (Å²) in [4.78, 5) is 0. The molecule has 25 heavy (non-hydrogen) atoms. The Bertz CT molecular complexity index is 581. The van der Waals surface area contributed by atoms with Gasteiger partial charge in [-0.25, -0.2) is 0 Å². The summed E-state index contributed by atoms with van der Waals surface area (Å²) in [6.07, 6.45) is 4.03. The Morgan fingerprint density at radius 3 is 2.32 bits per heavy atom. The van der Waals surface area contributed by atoms with Gasteiger partial charge in [0.05, 0.1) is 23.3 Å². The molecule has 0 aliphatic rings. The van der Waals surface area contributed by atoms with Gasteiger partial charge >= 0.3 is 0 Å².